The second-order valence-electron chi connectivity index (χ2n) is 6.71. The standard InChI is InChI=1S/C23H19NO4S/c1-14(2)27-19-12-11-15-7-3-4-8-16(15)17(19)13-21(22(25)26)29-23-24-18-9-5-6-10-20(18)28-23/h3-14H,1-2H3,(H,25,26)/p-1/b21-13-. The molecular formula is C23H18NO4S-. The summed E-state index contributed by atoms with van der Waals surface area (Å²) >= 11 is 0.919. The Kier molecular flexibility index (Phi) is 5.27. The predicted molar refractivity (Wildman–Crippen MR) is 113 cm³/mol. The number of aliphatic carboxylic acids is 1. The molecule has 0 atom stereocenters. The number of rotatable bonds is 6. The highest BCUT2D eigenvalue weighted by Crippen LogP contribution is 2.35. The Bertz CT molecular complexity index is 1190. The number of aromatic nitrogens is 1. The molecule has 0 N–H and O–H groups in total. The van der Waals surface area contributed by atoms with Gasteiger partial charge >= 0.3 is 0 Å². The van der Waals surface area contributed by atoms with Gasteiger partial charge in [-0.25, -0.2) is 4.98 Å². The minimum absolute atomic E-state index is 0.0125. The maximum Gasteiger partial charge on any atom is 0.261 e. The normalized spacial score (nSPS) is 12.0. The topological polar surface area (TPSA) is 75.4 Å². The van der Waals surface area contributed by atoms with Gasteiger partial charge in [-0.1, -0.05) is 42.5 Å². The minimum Gasteiger partial charge on any atom is -0.544 e. The van der Waals surface area contributed by atoms with Gasteiger partial charge in [-0.05, 0) is 60.7 Å². The summed E-state index contributed by atoms with van der Waals surface area (Å²) in [6.45, 7) is 3.85. The Morgan fingerprint density at radius 2 is 1.86 bits per heavy atom. The Balaban J connectivity index is 1.81. The Hall–Kier alpha value is -3.25. The van der Waals surface area contributed by atoms with Gasteiger partial charge in [0, 0.05) is 10.5 Å². The number of carbonyl (C=O) groups excluding carboxylic acids is 1. The zero-order chi connectivity index (χ0) is 20.4. The van der Waals surface area contributed by atoms with Crippen molar-refractivity contribution in [3.63, 3.8) is 0 Å². The summed E-state index contributed by atoms with van der Waals surface area (Å²) in [7, 11) is 0. The lowest BCUT2D eigenvalue weighted by Gasteiger charge is -2.16. The van der Waals surface area contributed by atoms with E-state index in [1.54, 1.807) is 12.1 Å². The van der Waals surface area contributed by atoms with E-state index in [0.29, 0.717) is 22.4 Å². The number of hydrogen-bond donors (Lipinski definition) is 0. The number of benzene rings is 3. The van der Waals surface area contributed by atoms with Gasteiger partial charge in [0.1, 0.15) is 11.3 Å². The Morgan fingerprint density at radius 1 is 1.10 bits per heavy atom. The molecule has 1 heterocycles. The highest BCUT2D eigenvalue weighted by molar-refractivity contribution is 8.03. The third-order valence-corrected chi connectivity index (χ3v) is 5.10. The number of para-hydroxylation sites is 2. The van der Waals surface area contributed by atoms with Crippen molar-refractivity contribution < 1.29 is 19.1 Å². The maximum atomic E-state index is 11.9. The molecule has 5 nitrogen and oxygen atoms in total. The zero-order valence-electron chi connectivity index (χ0n) is 15.9. The molecular weight excluding hydrogens is 386 g/mol. The fourth-order valence-electron chi connectivity index (χ4n) is 3.03. The molecule has 0 amide bonds. The van der Waals surface area contributed by atoms with Crippen molar-refractivity contribution in [3.8, 4) is 5.75 Å². The molecule has 0 spiro atoms. The molecule has 4 aromatic rings. The van der Waals surface area contributed by atoms with Crippen molar-refractivity contribution in [2.24, 2.45) is 0 Å². The average molecular weight is 404 g/mol. The van der Waals surface area contributed by atoms with E-state index in [-0.39, 0.29) is 16.2 Å². The van der Waals surface area contributed by atoms with Crippen LogP contribution in [-0.4, -0.2) is 17.1 Å². The fraction of sp³-hybridized carbons (Fsp3) is 0.130. The van der Waals surface area contributed by atoms with E-state index in [0.717, 1.165) is 22.5 Å². The number of hydrogen-bond acceptors (Lipinski definition) is 6. The van der Waals surface area contributed by atoms with Gasteiger partial charge in [0.25, 0.3) is 5.22 Å². The quantitative estimate of drug-likeness (QED) is 0.344. The molecule has 0 bridgehead atoms. The molecule has 4 rings (SSSR count). The van der Waals surface area contributed by atoms with Crippen LogP contribution >= 0.6 is 11.8 Å². The second kappa shape index (κ2) is 8.01. The molecule has 0 fully saturated rings. The summed E-state index contributed by atoms with van der Waals surface area (Å²) < 4.78 is 11.6. The molecule has 0 aliphatic carbocycles. The molecule has 0 radical (unpaired) electrons. The number of carboxylic acids is 1. The van der Waals surface area contributed by atoms with Crippen molar-refractivity contribution in [3.05, 3.63) is 71.1 Å². The summed E-state index contributed by atoms with van der Waals surface area (Å²) in [6, 6.07) is 18.8. The molecule has 0 saturated heterocycles. The number of oxazole rings is 1. The van der Waals surface area contributed by atoms with Crippen LogP contribution in [0.25, 0.3) is 27.9 Å². The first kappa shape index (κ1) is 19.1. The molecule has 146 valence electrons. The fourth-order valence-corrected chi connectivity index (χ4v) is 3.75. The summed E-state index contributed by atoms with van der Waals surface area (Å²) in [5, 5.41) is 14.0. The van der Waals surface area contributed by atoms with Gasteiger partial charge < -0.3 is 19.1 Å². The van der Waals surface area contributed by atoms with Crippen LogP contribution in [0.15, 0.2) is 75.2 Å². The lowest BCUT2D eigenvalue weighted by molar-refractivity contribution is -0.298. The second-order valence-corrected chi connectivity index (χ2v) is 7.70. The monoisotopic (exact) mass is 404 g/mol. The van der Waals surface area contributed by atoms with E-state index in [4.69, 9.17) is 9.15 Å². The van der Waals surface area contributed by atoms with Crippen LogP contribution < -0.4 is 9.84 Å². The van der Waals surface area contributed by atoms with E-state index in [1.807, 2.05) is 68.4 Å². The zero-order valence-corrected chi connectivity index (χ0v) is 16.7. The molecule has 0 aliphatic rings. The smallest absolute Gasteiger partial charge is 0.261 e. The summed E-state index contributed by atoms with van der Waals surface area (Å²) in [6.07, 6.45) is 1.51. The largest absolute Gasteiger partial charge is 0.544 e. The maximum absolute atomic E-state index is 11.9. The lowest BCUT2D eigenvalue weighted by Crippen LogP contribution is -2.23. The molecule has 6 heteroatoms. The number of nitrogens with zero attached hydrogens (tertiary/aromatic N) is 1. The van der Waals surface area contributed by atoms with Gasteiger partial charge in [-0.15, -0.1) is 0 Å². The van der Waals surface area contributed by atoms with Gasteiger partial charge in [-0.3, -0.25) is 0 Å². The highest BCUT2D eigenvalue weighted by Gasteiger charge is 2.14. The van der Waals surface area contributed by atoms with Crippen LogP contribution in [0.1, 0.15) is 19.4 Å². The van der Waals surface area contributed by atoms with Gasteiger partial charge in [0.2, 0.25) is 0 Å². The number of ether oxygens (including phenoxy) is 1. The van der Waals surface area contributed by atoms with Gasteiger partial charge in [-0.2, -0.15) is 0 Å². The first-order chi connectivity index (χ1) is 14.0. The van der Waals surface area contributed by atoms with Crippen molar-refractivity contribution in [1.82, 2.24) is 4.98 Å². The van der Waals surface area contributed by atoms with Crippen molar-refractivity contribution in [2.45, 2.75) is 25.2 Å². The van der Waals surface area contributed by atoms with Crippen LogP contribution in [0.2, 0.25) is 0 Å². The Labute approximate surface area is 172 Å². The minimum atomic E-state index is -1.30. The van der Waals surface area contributed by atoms with E-state index in [2.05, 4.69) is 4.98 Å². The van der Waals surface area contributed by atoms with E-state index in [9.17, 15) is 9.90 Å². The van der Waals surface area contributed by atoms with Crippen LogP contribution in [0.4, 0.5) is 0 Å². The third-order valence-electron chi connectivity index (χ3n) is 4.24. The van der Waals surface area contributed by atoms with Crippen molar-refractivity contribution in [1.29, 1.82) is 0 Å². The Morgan fingerprint density at radius 3 is 2.62 bits per heavy atom. The number of fused-ring (bicyclic) bond motifs is 2. The summed E-state index contributed by atoms with van der Waals surface area (Å²) in [5.74, 6) is -0.698. The molecule has 29 heavy (non-hydrogen) atoms. The summed E-state index contributed by atoms with van der Waals surface area (Å²) in [4.78, 5) is 16.2. The first-order valence-electron chi connectivity index (χ1n) is 9.16. The first-order valence-corrected chi connectivity index (χ1v) is 9.98. The summed E-state index contributed by atoms with van der Waals surface area (Å²) in [5.41, 5.74) is 1.95. The van der Waals surface area contributed by atoms with Crippen LogP contribution in [0.5, 0.6) is 5.75 Å². The van der Waals surface area contributed by atoms with Gasteiger partial charge in [0.05, 0.1) is 12.1 Å². The molecule has 3 aromatic carbocycles. The lowest BCUT2D eigenvalue weighted by atomic mass is 10.0. The number of carbonyl (C=O) groups is 1. The molecule has 0 unspecified atom stereocenters. The SMILES string of the molecule is CC(C)Oc1ccc2ccccc2c1/C=C(\Sc1nc2ccccc2o1)C(=O)[O-]. The van der Waals surface area contributed by atoms with Gasteiger partial charge in [0.15, 0.2) is 5.58 Å². The van der Waals surface area contributed by atoms with E-state index in [1.165, 1.54) is 0 Å². The average Bonchev–Trinajstić information content (AvgIpc) is 3.11. The van der Waals surface area contributed by atoms with Crippen LogP contribution in [0.3, 0.4) is 0 Å². The van der Waals surface area contributed by atoms with E-state index < -0.39 is 5.97 Å². The van der Waals surface area contributed by atoms with Crippen molar-refractivity contribution in [2.75, 3.05) is 0 Å². The van der Waals surface area contributed by atoms with Crippen LogP contribution in [-0.2, 0) is 4.79 Å². The third kappa shape index (κ3) is 4.12. The molecule has 0 saturated carbocycles. The predicted octanol–water partition coefficient (Wildman–Crippen LogP) is 4.65. The van der Waals surface area contributed by atoms with Crippen molar-refractivity contribution >= 4 is 45.7 Å². The number of thioether (sulfide) groups is 1. The molecule has 1 aromatic heterocycles. The van der Waals surface area contributed by atoms with E-state index >= 15 is 0 Å². The molecule has 0 aliphatic heterocycles. The number of carboxylic acid groups (broad SMARTS) is 1. The highest BCUT2D eigenvalue weighted by atomic mass is 32.2. The van der Waals surface area contributed by atoms with Crippen LogP contribution in [0, 0.1) is 0 Å².